The maximum atomic E-state index is 12.1. The van der Waals surface area contributed by atoms with Crippen molar-refractivity contribution < 1.29 is 9.53 Å². The second-order valence-electron chi connectivity index (χ2n) is 6.39. The second kappa shape index (κ2) is 9.75. The van der Waals surface area contributed by atoms with E-state index in [-0.39, 0.29) is 6.03 Å². The lowest BCUT2D eigenvalue weighted by atomic mass is 10.2. The Morgan fingerprint density at radius 2 is 1.86 bits per heavy atom. The average Bonchev–Trinajstić information content (AvgIpc) is 3.34. The molecule has 0 radical (unpaired) electrons. The maximum Gasteiger partial charge on any atom is 0.315 e. The van der Waals surface area contributed by atoms with Crippen molar-refractivity contribution in [2.75, 3.05) is 19.8 Å². The number of amides is 2. The van der Waals surface area contributed by atoms with Gasteiger partial charge in [-0.25, -0.2) is 9.48 Å². The quantitative estimate of drug-likeness (QED) is 0.559. The molecule has 0 aliphatic rings. The van der Waals surface area contributed by atoms with E-state index < -0.39 is 0 Å². The van der Waals surface area contributed by atoms with Gasteiger partial charge in [-0.2, -0.15) is 5.10 Å². The van der Waals surface area contributed by atoms with Gasteiger partial charge in [0, 0.05) is 37.7 Å². The number of hydrogen-bond acceptors (Lipinski definition) is 3. The van der Waals surface area contributed by atoms with Crippen LogP contribution in [0.25, 0.3) is 11.5 Å². The highest BCUT2D eigenvalue weighted by atomic mass is 16.5. The first-order valence-electron chi connectivity index (χ1n) is 9.57. The number of hydrogen-bond donors (Lipinski definition) is 2. The number of rotatable bonds is 9. The summed E-state index contributed by atoms with van der Waals surface area (Å²) in [5.74, 6) is 0.922. The largest absolute Gasteiger partial charge is 0.382 e. The van der Waals surface area contributed by atoms with Crippen LogP contribution in [-0.4, -0.2) is 40.1 Å². The van der Waals surface area contributed by atoms with Gasteiger partial charge < -0.3 is 19.9 Å². The average molecular weight is 381 g/mol. The first-order chi connectivity index (χ1) is 13.7. The molecule has 0 saturated carbocycles. The summed E-state index contributed by atoms with van der Waals surface area (Å²) in [6, 6.07) is 13.7. The van der Waals surface area contributed by atoms with E-state index in [0.717, 1.165) is 29.2 Å². The predicted molar refractivity (Wildman–Crippen MR) is 109 cm³/mol. The standard InChI is InChI=1S/C21H27N5O2/c1-3-28-15-9-12-22-21(27)23-16-19-17(2)24-26(18-10-5-4-6-11-18)20(19)25-13-7-8-14-25/h4-8,10-11,13-14H,3,9,12,15-16H2,1-2H3,(H2,22,23,27). The molecular weight excluding hydrogens is 354 g/mol. The van der Waals surface area contributed by atoms with Gasteiger partial charge in [-0.3, -0.25) is 0 Å². The van der Waals surface area contributed by atoms with Crippen molar-refractivity contribution in [3.05, 3.63) is 66.1 Å². The van der Waals surface area contributed by atoms with Gasteiger partial charge in [0.2, 0.25) is 0 Å². The summed E-state index contributed by atoms with van der Waals surface area (Å²) in [7, 11) is 0. The molecule has 7 heteroatoms. The molecule has 0 bridgehead atoms. The van der Waals surface area contributed by atoms with Crippen molar-refractivity contribution in [3.63, 3.8) is 0 Å². The van der Waals surface area contributed by atoms with E-state index in [2.05, 4.69) is 10.6 Å². The summed E-state index contributed by atoms with van der Waals surface area (Å²) in [5, 5.41) is 10.5. The summed E-state index contributed by atoms with van der Waals surface area (Å²) in [4.78, 5) is 12.1. The molecule has 0 spiro atoms. The molecule has 28 heavy (non-hydrogen) atoms. The Balaban J connectivity index is 1.74. The molecule has 2 amide bonds. The van der Waals surface area contributed by atoms with Crippen LogP contribution in [0.2, 0.25) is 0 Å². The third-order valence-electron chi connectivity index (χ3n) is 4.39. The molecular formula is C21H27N5O2. The summed E-state index contributed by atoms with van der Waals surface area (Å²) in [6.45, 7) is 6.24. The minimum atomic E-state index is -0.193. The number of nitrogens with one attached hydrogen (secondary N) is 2. The molecule has 2 N–H and O–H groups in total. The van der Waals surface area contributed by atoms with E-state index in [0.29, 0.717) is 26.3 Å². The topological polar surface area (TPSA) is 73.1 Å². The molecule has 1 aromatic carbocycles. The number of benzene rings is 1. The van der Waals surface area contributed by atoms with Gasteiger partial charge in [-0.05, 0) is 44.5 Å². The van der Waals surface area contributed by atoms with Crippen molar-refractivity contribution >= 4 is 6.03 Å². The number of nitrogens with zero attached hydrogens (tertiary/aromatic N) is 3. The fraction of sp³-hybridized carbons (Fsp3) is 0.333. The highest BCUT2D eigenvalue weighted by Crippen LogP contribution is 2.22. The fourth-order valence-electron chi connectivity index (χ4n) is 3.00. The molecule has 0 unspecified atom stereocenters. The van der Waals surface area contributed by atoms with Crippen LogP contribution < -0.4 is 10.6 Å². The van der Waals surface area contributed by atoms with Crippen LogP contribution in [0.5, 0.6) is 0 Å². The Labute approximate surface area is 165 Å². The minimum Gasteiger partial charge on any atom is -0.382 e. The van der Waals surface area contributed by atoms with Crippen molar-refractivity contribution in [3.8, 4) is 11.5 Å². The summed E-state index contributed by atoms with van der Waals surface area (Å²) >= 11 is 0. The molecule has 148 valence electrons. The number of carbonyl (C=O) groups excluding carboxylic acids is 1. The monoisotopic (exact) mass is 381 g/mol. The number of aromatic nitrogens is 3. The summed E-state index contributed by atoms with van der Waals surface area (Å²) in [6.07, 6.45) is 4.75. The van der Waals surface area contributed by atoms with Gasteiger partial charge in [0.25, 0.3) is 0 Å². The van der Waals surface area contributed by atoms with Gasteiger partial charge in [-0.1, -0.05) is 18.2 Å². The third-order valence-corrected chi connectivity index (χ3v) is 4.39. The lowest BCUT2D eigenvalue weighted by Gasteiger charge is -2.12. The molecule has 3 aromatic rings. The van der Waals surface area contributed by atoms with E-state index in [9.17, 15) is 4.79 Å². The van der Waals surface area contributed by atoms with Crippen LogP contribution in [0.4, 0.5) is 4.79 Å². The SMILES string of the molecule is CCOCCCNC(=O)NCc1c(C)nn(-c2ccccc2)c1-n1cccc1. The lowest BCUT2D eigenvalue weighted by Crippen LogP contribution is -2.36. The maximum absolute atomic E-state index is 12.1. The van der Waals surface area contributed by atoms with E-state index in [1.165, 1.54) is 0 Å². The van der Waals surface area contributed by atoms with Gasteiger partial charge in [0.15, 0.2) is 0 Å². The second-order valence-corrected chi connectivity index (χ2v) is 6.39. The highest BCUT2D eigenvalue weighted by Gasteiger charge is 2.18. The van der Waals surface area contributed by atoms with Crippen LogP contribution >= 0.6 is 0 Å². The predicted octanol–water partition coefficient (Wildman–Crippen LogP) is 3.20. The van der Waals surface area contributed by atoms with E-state index in [1.807, 2.05) is 78.0 Å². The third kappa shape index (κ3) is 4.80. The van der Waals surface area contributed by atoms with Gasteiger partial charge in [0.1, 0.15) is 5.82 Å². The van der Waals surface area contributed by atoms with Gasteiger partial charge >= 0.3 is 6.03 Å². The van der Waals surface area contributed by atoms with Crippen LogP contribution in [0.3, 0.4) is 0 Å². The molecule has 2 heterocycles. The van der Waals surface area contributed by atoms with Crippen molar-refractivity contribution in [2.24, 2.45) is 0 Å². The Morgan fingerprint density at radius 3 is 2.57 bits per heavy atom. The van der Waals surface area contributed by atoms with Gasteiger partial charge in [-0.15, -0.1) is 0 Å². The zero-order chi connectivity index (χ0) is 19.8. The molecule has 2 aromatic heterocycles. The summed E-state index contributed by atoms with van der Waals surface area (Å²) < 4.78 is 9.20. The lowest BCUT2D eigenvalue weighted by molar-refractivity contribution is 0.145. The molecule has 0 fully saturated rings. The minimum absolute atomic E-state index is 0.193. The van der Waals surface area contributed by atoms with E-state index >= 15 is 0 Å². The number of urea groups is 1. The van der Waals surface area contributed by atoms with Crippen LogP contribution in [0.15, 0.2) is 54.9 Å². The van der Waals surface area contributed by atoms with Crippen molar-refractivity contribution in [1.29, 1.82) is 0 Å². The highest BCUT2D eigenvalue weighted by molar-refractivity contribution is 5.74. The number of ether oxygens (including phenoxy) is 1. The number of aryl methyl sites for hydroxylation is 1. The molecule has 0 aliphatic heterocycles. The normalized spacial score (nSPS) is 10.8. The zero-order valence-electron chi connectivity index (χ0n) is 16.4. The number of carbonyl (C=O) groups is 1. The Hall–Kier alpha value is -3.06. The molecule has 0 aliphatic carbocycles. The van der Waals surface area contributed by atoms with E-state index in [1.54, 1.807) is 0 Å². The van der Waals surface area contributed by atoms with Gasteiger partial charge in [0.05, 0.1) is 17.9 Å². The first-order valence-corrected chi connectivity index (χ1v) is 9.57. The Bertz CT molecular complexity index is 872. The molecule has 0 saturated heterocycles. The van der Waals surface area contributed by atoms with Crippen molar-refractivity contribution in [2.45, 2.75) is 26.8 Å². The first kappa shape index (κ1) is 19.7. The Morgan fingerprint density at radius 1 is 1.11 bits per heavy atom. The van der Waals surface area contributed by atoms with Crippen LogP contribution in [0, 0.1) is 6.92 Å². The summed E-state index contributed by atoms with van der Waals surface area (Å²) in [5.41, 5.74) is 2.83. The Kier molecular flexibility index (Phi) is 6.86. The molecule has 7 nitrogen and oxygen atoms in total. The smallest absolute Gasteiger partial charge is 0.315 e. The van der Waals surface area contributed by atoms with Crippen molar-refractivity contribution in [1.82, 2.24) is 25.0 Å². The molecule has 3 rings (SSSR count). The number of para-hydroxylation sites is 1. The van der Waals surface area contributed by atoms with E-state index in [4.69, 9.17) is 9.84 Å². The van der Waals surface area contributed by atoms with Crippen LogP contribution in [0.1, 0.15) is 24.6 Å². The van der Waals surface area contributed by atoms with Crippen LogP contribution in [-0.2, 0) is 11.3 Å². The fourth-order valence-corrected chi connectivity index (χ4v) is 3.00. The zero-order valence-corrected chi connectivity index (χ0v) is 16.4. The molecule has 0 atom stereocenters.